The standard InChI is InChI=1S/C18H20N4O6/c1-28-8-4-7-20-11-21(9-12-5-2-3-6-19-12)22-10-13(18(26)27)15(23)16(24)14(22)17(20)25/h2-3,5-6,10,24H,4,7-9,11H2,1H3,(H,26,27). The first-order valence-corrected chi connectivity index (χ1v) is 8.59. The third-order valence-electron chi connectivity index (χ3n) is 4.37. The molecule has 0 bridgehead atoms. The van der Waals surface area contributed by atoms with Crippen LogP contribution in [-0.4, -0.2) is 63.6 Å². The molecule has 10 heteroatoms. The van der Waals surface area contributed by atoms with E-state index in [0.717, 1.165) is 6.20 Å². The maximum Gasteiger partial charge on any atom is 0.341 e. The summed E-state index contributed by atoms with van der Waals surface area (Å²) in [6, 6.07) is 5.35. The van der Waals surface area contributed by atoms with Gasteiger partial charge < -0.3 is 19.8 Å². The van der Waals surface area contributed by atoms with Crippen molar-refractivity contribution >= 4 is 11.9 Å². The van der Waals surface area contributed by atoms with Crippen molar-refractivity contribution in [3.8, 4) is 5.75 Å². The van der Waals surface area contributed by atoms with Crippen molar-refractivity contribution in [2.75, 3.05) is 31.9 Å². The summed E-state index contributed by atoms with van der Waals surface area (Å²) in [6.07, 6.45) is 3.25. The zero-order valence-electron chi connectivity index (χ0n) is 15.2. The molecule has 2 aromatic rings. The third kappa shape index (κ3) is 3.67. The molecule has 0 spiro atoms. The summed E-state index contributed by atoms with van der Waals surface area (Å²) in [6.45, 7) is 1.16. The lowest BCUT2D eigenvalue weighted by Crippen LogP contribution is -2.54. The minimum Gasteiger partial charge on any atom is -0.502 e. The molecular weight excluding hydrogens is 368 g/mol. The van der Waals surface area contributed by atoms with Crippen molar-refractivity contribution < 1.29 is 24.5 Å². The highest BCUT2D eigenvalue weighted by molar-refractivity contribution is 5.97. The molecule has 0 unspecified atom stereocenters. The van der Waals surface area contributed by atoms with Crippen molar-refractivity contribution in [1.82, 2.24) is 14.6 Å². The van der Waals surface area contributed by atoms with Crippen LogP contribution in [0.15, 0.2) is 35.4 Å². The van der Waals surface area contributed by atoms with Gasteiger partial charge in [-0.05, 0) is 18.6 Å². The Bertz CT molecular complexity index is 943. The minimum atomic E-state index is -1.48. The second-order valence-electron chi connectivity index (χ2n) is 6.26. The molecule has 3 heterocycles. The summed E-state index contributed by atoms with van der Waals surface area (Å²) in [4.78, 5) is 42.1. The van der Waals surface area contributed by atoms with Gasteiger partial charge in [0.2, 0.25) is 5.43 Å². The Morgan fingerprint density at radius 1 is 1.32 bits per heavy atom. The van der Waals surface area contributed by atoms with Crippen molar-refractivity contribution in [3.63, 3.8) is 0 Å². The maximum atomic E-state index is 12.8. The molecule has 2 aromatic heterocycles. The van der Waals surface area contributed by atoms with Crippen LogP contribution in [0.5, 0.6) is 5.75 Å². The van der Waals surface area contributed by atoms with Gasteiger partial charge in [0.15, 0.2) is 11.4 Å². The van der Waals surface area contributed by atoms with Crippen LogP contribution in [0.25, 0.3) is 0 Å². The predicted octanol–water partition coefficient (Wildman–Crippen LogP) is 0.235. The lowest BCUT2D eigenvalue weighted by Gasteiger charge is -2.39. The summed E-state index contributed by atoms with van der Waals surface area (Å²) in [5.41, 5.74) is -1.30. The van der Waals surface area contributed by atoms with Crippen LogP contribution < -0.4 is 10.4 Å². The summed E-state index contributed by atoms with van der Waals surface area (Å²) in [5.74, 6) is -2.92. The zero-order valence-corrected chi connectivity index (χ0v) is 15.2. The van der Waals surface area contributed by atoms with Crippen molar-refractivity contribution in [2.24, 2.45) is 0 Å². The molecule has 2 N–H and O–H groups in total. The Morgan fingerprint density at radius 3 is 2.75 bits per heavy atom. The Morgan fingerprint density at radius 2 is 2.11 bits per heavy atom. The molecule has 0 saturated carbocycles. The lowest BCUT2D eigenvalue weighted by molar-refractivity contribution is 0.0650. The molecule has 3 rings (SSSR count). The normalized spacial score (nSPS) is 13.5. The first kappa shape index (κ1) is 19.4. The summed E-state index contributed by atoms with van der Waals surface area (Å²) < 4.78 is 6.24. The van der Waals surface area contributed by atoms with Crippen LogP contribution in [0.3, 0.4) is 0 Å². The molecule has 0 atom stereocenters. The quantitative estimate of drug-likeness (QED) is 0.646. The van der Waals surface area contributed by atoms with Crippen molar-refractivity contribution in [3.05, 3.63) is 57.8 Å². The molecule has 0 aromatic carbocycles. The van der Waals surface area contributed by atoms with E-state index >= 15 is 0 Å². The second-order valence-corrected chi connectivity index (χ2v) is 6.26. The number of aromatic nitrogens is 2. The van der Waals surface area contributed by atoms with Gasteiger partial charge in [-0.15, -0.1) is 0 Å². The fourth-order valence-corrected chi connectivity index (χ4v) is 3.02. The van der Waals surface area contributed by atoms with Gasteiger partial charge in [0, 0.05) is 32.7 Å². The summed E-state index contributed by atoms with van der Waals surface area (Å²) in [5, 5.41) is 21.2. The average Bonchev–Trinajstić information content (AvgIpc) is 2.68. The third-order valence-corrected chi connectivity index (χ3v) is 4.37. The van der Waals surface area contributed by atoms with Crippen LogP contribution >= 0.6 is 0 Å². The van der Waals surface area contributed by atoms with Gasteiger partial charge in [-0.2, -0.15) is 0 Å². The van der Waals surface area contributed by atoms with Crippen LogP contribution in [-0.2, 0) is 11.3 Å². The Balaban J connectivity index is 2.06. The predicted molar refractivity (Wildman–Crippen MR) is 97.9 cm³/mol. The van der Waals surface area contributed by atoms with E-state index in [1.807, 2.05) is 0 Å². The number of methoxy groups -OCH3 is 1. The Labute approximate surface area is 160 Å². The van der Waals surface area contributed by atoms with E-state index in [9.17, 15) is 24.6 Å². The van der Waals surface area contributed by atoms with Crippen molar-refractivity contribution in [1.29, 1.82) is 0 Å². The second kappa shape index (κ2) is 8.09. The molecule has 28 heavy (non-hydrogen) atoms. The number of nitrogens with zero attached hydrogens (tertiary/aromatic N) is 4. The zero-order chi connectivity index (χ0) is 20.3. The number of aromatic carboxylic acids is 1. The molecule has 0 aliphatic carbocycles. The first-order chi connectivity index (χ1) is 13.4. The lowest BCUT2D eigenvalue weighted by atomic mass is 10.2. The van der Waals surface area contributed by atoms with Gasteiger partial charge in [0.05, 0.1) is 12.2 Å². The first-order valence-electron chi connectivity index (χ1n) is 8.59. The monoisotopic (exact) mass is 388 g/mol. The number of hydrogen-bond donors (Lipinski definition) is 2. The van der Waals surface area contributed by atoms with E-state index in [-0.39, 0.29) is 18.9 Å². The van der Waals surface area contributed by atoms with E-state index < -0.39 is 28.6 Å². The molecule has 0 saturated heterocycles. The molecule has 1 aliphatic rings. The van der Waals surface area contributed by atoms with E-state index in [1.165, 1.54) is 9.58 Å². The number of rotatable bonds is 7. The van der Waals surface area contributed by atoms with Gasteiger partial charge in [-0.3, -0.25) is 24.3 Å². The number of carboxylic acid groups (broad SMARTS) is 1. The van der Waals surface area contributed by atoms with E-state index in [0.29, 0.717) is 25.3 Å². The average molecular weight is 388 g/mol. The van der Waals surface area contributed by atoms with E-state index in [2.05, 4.69) is 4.98 Å². The van der Waals surface area contributed by atoms with Gasteiger partial charge in [-0.1, -0.05) is 6.07 Å². The maximum absolute atomic E-state index is 12.8. The van der Waals surface area contributed by atoms with Crippen LogP contribution in [0.1, 0.15) is 33.0 Å². The molecule has 148 valence electrons. The number of amides is 1. The topological polar surface area (TPSA) is 125 Å². The van der Waals surface area contributed by atoms with E-state index in [1.54, 1.807) is 36.5 Å². The number of carboxylic acids is 1. The molecule has 0 radical (unpaired) electrons. The van der Waals surface area contributed by atoms with Crippen LogP contribution in [0.4, 0.5) is 0 Å². The van der Waals surface area contributed by atoms with Crippen LogP contribution in [0.2, 0.25) is 0 Å². The number of ether oxygens (including phenoxy) is 1. The van der Waals surface area contributed by atoms with Crippen LogP contribution in [0, 0.1) is 0 Å². The highest BCUT2D eigenvalue weighted by Crippen LogP contribution is 2.22. The van der Waals surface area contributed by atoms with Crippen molar-refractivity contribution in [2.45, 2.75) is 13.0 Å². The molecule has 0 fully saturated rings. The minimum absolute atomic E-state index is 0.132. The van der Waals surface area contributed by atoms with Gasteiger partial charge in [0.1, 0.15) is 12.2 Å². The molecular formula is C18H20N4O6. The van der Waals surface area contributed by atoms with Gasteiger partial charge in [0.25, 0.3) is 5.91 Å². The number of aromatic hydroxyl groups is 1. The fourth-order valence-electron chi connectivity index (χ4n) is 3.02. The number of carbonyl (C=O) groups excluding carboxylic acids is 1. The fraction of sp³-hybridized carbons (Fsp3) is 0.333. The SMILES string of the molecule is COCCCN1CN(Cc2ccccn2)n2cc(C(=O)O)c(=O)c(O)c2C1=O. The molecule has 1 aliphatic heterocycles. The number of pyridine rings is 2. The number of hydrogen-bond acceptors (Lipinski definition) is 7. The number of carbonyl (C=O) groups is 2. The van der Waals surface area contributed by atoms with E-state index in [4.69, 9.17) is 4.74 Å². The highest BCUT2D eigenvalue weighted by Gasteiger charge is 2.34. The number of fused-ring (bicyclic) bond motifs is 1. The summed E-state index contributed by atoms with van der Waals surface area (Å²) in [7, 11) is 1.56. The molecule has 1 amide bonds. The largest absolute Gasteiger partial charge is 0.502 e. The van der Waals surface area contributed by atoms with Gasteiger partial charge >= 0.3 is 5.97 Å². The molecule has 10 nitrogen and oxygen atoms in total. The smallest absolute Gasteiger partial charge is 0.341 e. The van der Waals surface area contributed by atoms with Gasteiger partial charge in [-0.25, -0.2) is 4.79 Å². The summed E-state index contributed by atoms with van der Waals surface area (Å²) >= 11 is 0. The Hall–Kier alpha value is -3.40. The highest BCUT2D eigenvalue weighted by atomic mass is 16.5. The Kier molecular flexibility index (Phi) is 5.59.